The molecule has 1 amide bonds. The van der Waals surface area contributed by atoms with Crippen molar-refractivity contribution in [3.63, 3.8) is 0 Å². The third-order valence-electron chi connectivity index (χ3n) is 3.70. The van der Waals surface area contributed by atoms with Crippen molar-refractivity contribution in [3.05, 3.63) is 23.8 Å². The van der Waals surface area contributed by atoms with Gasteiger partial charge in [-0.1, -0.05) is 12.5 Å². The molecule has 18 heavy (non-hydrogen) atoms. The summed E-state index contributed by atoms with van der Waals surface area (Å²) in [5.41, 5.74) is 1.55. The molecule has 1 saturated carbocycles. The lowest BCUT2D eigenvalue weighted by atomic mass is 9.85. The van der Waals surface area contributed by atoms with E-state index in [1.54, 1.807) is 0 Å². The van der Waals surface area contributed by atoms with E-state index in [1.165, 1.54) is 19.3 Å². The number of carbonyl (C=O) groups is 1. The maximum Gasteiger partial charge on any atom is 0.255 e. The van der Waals surface area contributed by atoms with E-state index in [2.05, 4.69) is 10.6 Å². The Kier molecular flexibility index (Phi) is 3.09. The SMILES string of the molecule is O=C(NCC1CCC1)c1cccc2c1OCCN2. The first-order valence-corrected chi connectivity index (χ1v) is 6.62. The highest BCUT2D eigenvalue weighted by atomic mass is 16.5. The average Bonchev–Trinajstić information content (AvgIpc) is 2.36. The van der Waals surface area contributed by atoms with Crippen LogP contribution in [0.2, 0.25) is 0 Å². The Morgan fingerprint density at radius 3 is 3.11 bits per heavy atom. The minimum absolute atomic E-state index is 0.0255. The summed E-state index contributed by atoms with van der Waals surface area (Å²) in [6.45, 7) is 2.19. The van der Waals surface area contributed by atoms with Crippen LogP contribution in [0.25, 0.3) is 0 Å². The maximum atomic E-state index is 12.1. The van der Waals surface area contributed by atoms with E-state index in [9.17, 15) is 4.79 Å². The summed E-state index contributed by atoms with van der Waals surface area (Å²) in [6.07, 6.45) is 3.78. The van der Waals surface area contributed by atoms with Crippen LogP contribution in [0.15, 0.2) is 18.2 Å². The monoisotopic (exact) mass is 246 g/mol. The molecule has 1 heterocycles. The minimum atomic E-state index is -0.0255. The van der Waals surface area contributed by atoms with Crippen molar-refractivity contribution in [2.45, 2.75) is 19.3 Å². The van der Waals surface area contributed by atoms with Gasteiger partial charge in [-0.15, -0.1) is 0 Å². The summed E-state index contributed by atoms with van der Waals surface area (Å²) in [4.78, 5) is 12.1. The Labute approximate surface area is 107 Å². The highest BCUT2D eigenvalue weighted by molar-refractivity contribution is 5.98. The molecule has 0 atom stereocenters. The number of ether oxygens (including phenoxy) is 1. The van der Waals surface area contributed by atoms with Gasteiger partial charge >= 0.3 is 0 Å². The van der Waals surface area contributed by atoms with E-state index in [4.69, 9.17) is 4.74 Å². The zero-order valence-corrected chi connectivity index (χ0v) is 10.4. The number of hydrogen-bond donors (Lipinski definition) is 2. The first kappa shape index (κ1) is 11.4. The number of nitrogens with one attached hydrogen (secondary N) is 2. The quantitative estimate of drug-likeness (QED) is 0.858. The molecule has 96 valence electrons. The van der Waals surface area contributed by atoms with Crippen LogP contribution in [0.4, 0.5) is 5.69 Å². The Balaban J connectivity index is 1.72. The summed E-state index contributed by atoms with van der Waals surface area (Å²) in [5, 5.41) is 6.24. The highest BCUT2D eigenvalue weighted by Gasteiger charge is 2.21. The lowest BCUT2D eigenvalue weighted by molar-refractivity contribution is 0.0935. The van der Waals surface area contributed by atoms with Crippen LogP contribution in [0.1, 0.15) is 29.6 Å². The topological polar surface area (TPSA) is 50.4 Å². The van der Waals surface area contributed by atoms with Crippen molar-refractivity contribution in [3.8, 4) is 5.75 Å². The molecule has 0 bridgehead atoms. The number of amides is 1. The van der Waals surface area contributed by atoms with Crippen LogP contribution in [0.3, 0.4) is 0 Å². The van der Waals surface area contributed by atoms with E-state index < -0.39 is 0 Å². The van der Waals surface area contributed by atoms with Gasteiger partial charge in [0.25, 0.3) is 5.91 Å². The fraction of sp³-hybridized carbons (Fsp3) is 0.500. The van der Waals surface area contributed by atoms with E-state index >= 15 is 0 Å². The largest absolute Gasteiger partial charge is 0.489 e. The average molecular weight is 246 g/mol. The van der Waals surface area contributed by atoms with Gasteiger partial charge in [-0.25, -0.2) is 0 Å². The Morgan fingerprint density at radius 1 is 1.44 bits per heavy atom. The fourth-order valence-electron chi connectivity index (χ4n) is 2.38. The minimum Gasteiger partial charge on any atom is -0.489 e. The molecule has 2 aliphatic rings. The zero-order valence-electron chi connectivity index (χ0n) is 10.4. The van der Waals surface area contributed by atoms with Crippen molar-refractivity contribution in [2.24, 2.45) is 5.92 Å². The molecule has 2 N–H and O–H groups in total. The molecule has 1 aromatic rings. The smallest absolute Gasteiger partial charge is 0.255 e. The second-order valence-corrected chi connectivity index (χ2v) is 4.96. The van der Waals surface area contributed by atoms with Gasteiger partial charge in [-0.05, 0) is 30.9 Å². The maximum absolute atomic E-state index is 12.1. The Bertz CT molecular complexity index is 455. The summed E-state index contributed by atoms with van der Waals surface area (Å²) in [5.74, 6) is 1.34. The normalized spacial score (nSPS) is 18.0. The molecule has 1 aliphatic carbocycles. The third-order valence-corrected chi connectivity index (χ3v) is 3.70. The number of fused-ring (bicyclic) bond motifs is 1. The molecule has 4 nitrogen and oxygen atoms in total. The summed E-state index contributed by atoms with van der Waals surface area (Å²) < 4.78 is 5.60. The predicted octanol–water partition coefficient (Wildman–Crippen LogP) is 2.02. The molecule has 0 spiro atoms. The van der Waals surface area contributed by atoms with Gasteiger partial charge in [-0.3, -0.25) is 4.79 Å². The van der Waals surface area contributed by atoms with Gasteiger partial charge in [-0.2, -0.15) is 0 Å². The van der Waals surface area contributed by atoms with Gasteiger partial charge < -0.3 is 15.4 Å². The van der Waals surface area contributed by atoms with Gasteiger partial charge in [0.2, 0.25) is 0 Å². The van der Waals surface area contributed by atoms with Gasteiger partial charge in [0.15, 0.2) is 5.75 Å². The van der Waals surface area contributed by atoms with Crippen LogP contribution in [-0.4, -0.2) is 25.6 Å². The van der Waals surface area contributed by atoms with Crippen LogP contribution in [0, 0.1) is 5.92 Å². The van der Waals surface area contributed by atoms with Gasteiger partial charge in [0, 0.05) is 13.1 Å². The van der Waals surface area contributed by atoms with Crippen LogP contribution < -0.4 is 15.4 Å². The summed E-state index contributed by atoms with van der Waals surface area (Å²) >= 11 is 0. The number of hydrogen-bond acceptors (Lipinski definition) is 3. The van der Waals surface area contributed by atoms with E-state index in [0.29, 0.717) is 23.8 Å². The Hall–Kier alpha value is -1.71. The molecule has 3 rings (SSSR count). The third kappa shape index (κ3) is 2.15. The van der Waals surface area contributed by atoms with Crippen LogP contribution in [-0.2, 0) is 0 Å². The molecule has 1 fully saturated rings. The first-order chi connectivity index (χ1) is 8.84. The predicted molar refractivity (Wildman–Crippen MR) is 70.1 cm³/mol. The first-order valence-electron chi connectivity index (χ1n) is 6.62. The van der Waals surface area contributed by atoms with Crippen molar-refractivity contribution in [2.75, 3.05) is 25.0 Å². The summed E-state index contributed by atoms with van der Waals surface area (Å²) in [7, 11) is 0. The number of para-hydroxylation sites is 1. The second-order valence-electron chi connectivity index (χ2n) is 4.96. The van der Waals surface area contributed by atoms with Crippen molar-refractivity contribution in [1.29, 1.82) is 0 Å². The molecule has 0 aromatic heterocycles. The van der Waals surface area contributed by atoms with Crippen molar-refractivity contribution < 1.29 is 9.53 Å². The van der Waals surface area contributed by atoms with Crippen molar-refractivity contribution >= 4 is 11.6 Å². The Morgan fingerprint density at radius 2 is 2.33 bits per heavy atom. The molecule has 0 unspecified atom stereocenters. The van der Waals surface area contributed by atoms with Crippen LogP contribution in [0.5, 0.6) is 5.75 Å². The molecular formula is C14H18N2O2. The van der Waals surface area contributed by atoms with E-state index in [0.717, 1.165) is 18.8 Å². The molecule has 4 heteroatoms. The molecular weight excluding hydrogens is 228 g/mol. The molecule has 1 aliphatic heterocycles. The lowest BCUT2D eigenvalue weighted by Gasteiger charge is -2.26. The van der Waals surface area contributed by atoms with E-state index in [1.807, 2.05) is 18.2 Å². The zero-order chi connectivity index (χ0) is 12.4. The number of rotatable bonds is 3. The van der Waals surface area contributed by atoms with Gasteiger partial charge in [0.1, 0.15) is 6.61 Å². The number of anilines is 1. The van der Waals surface area contributed by atoms with Crippen LogP contribution >= 0.6 is 0 Å². The fourth-order valence-corrected chi connectivity index (χ4v) is 2.38. The molecule has 0 saturated heterocycles. The van der Waals surface area contributed by atoms with Crippen molar-refractivity contribution in [1.82, 2.24) is 5.32 Å². The second kappa shape index (κ2) is 4.88. The highest BCUT2D eigenvalue weighted by Crippen LogP contribution is 2.31. The number of benzene rings is 1. The molecule has 0 radical (unpaired) electrons. The summed E-state index contributed by atoms with van der Waals surface area (Å²) in [6, 6.07) is 5.65. The van der Waals surface area contributed by atoms with Gasteiger partial charge in [0.05, 0.1) is 11.3 Å². The molecule has 1 aromatic carbocycles. The lowest BCUT2D eigenvalue weighted by Crippen LogP contribution is -2.33. The number of carbonyl (C=O) groups excluding carboxylic acids is 1. The van der Waals surface area contributed by atoms with E-state index in [-0.39, 0.29) is 5.91 Å². The standard InChI is InChI=1S/C14H18N2O2/c17-14(16-9-10-3-1-4-10)11-5-2-6-12-13(11)18-8-7-15-12/h2,5-6,10,15H,1,3-4,7-9H2,(H,16,17).